The van der Waals surface area contributed by atoms with Crippen LogP contribution < -0.4 is 10.6 Å². The molecule has 2 heterocycles. The minimum Gasteiger partial charge on any atom is -0.356 e. The molecule has 6 heteroatoms. The maximum atomic E-state index is 12.8. The molecular formula is C22H41N5O. The fourth-order valence-electron chi connectivity index (χ4n) is 5.05. The quantitative estimate of drug-likeness (QED) is 0.558. The molecule has 0 aromatic heterocycles. The minimum absolute atomic E-state index is 0.278. The van der Waals surface area contributed by atoms with Gasteiger partial charge in [0.15, 0.2) is 5.96 Å². The summed E-state index contributed by atoms with van der Waals surface area (Å²) in [6.45, 7) is 9.66. The molecule has 2 N–H and O–H groups in total. The predicted octanol–water partition coefficient (Wildman–Crippen LogP) is 2.45. The zero-order chi connectivity index (χ0) is 19.9. The normalized spacial score (nSPS) is 28.0. The summed E-state index contributed by atoms with van der Waals surface area (Å²) in [5.41, 5.74) is 0. The van der Waals surface area contributed by atoms with E-state index < -0.39 is 0 Å². The van der Waals surface area contributed by atoms with Crippen molar-refractivity contribution in [2.75, 3.05) is 39.8 Å². The number of carbonyl (C=O) groups excluding carboxylic acids is 1. The van der Waals surface area contributed by atoms with Gasteiger partial charge in [0.2, 0.25) is 5.91 Å². The number of rotatable bonds is 5. The van der Waals surface area contributed by atoms with Gasteiger partial charge < -0.3 is 20.4 Å². The predicted molar refractivity (Wildman–Crippen MR) is 115 cm³/mol. The third kappa shape index (κ3) is 5.85. The lowest BCUT2D eigenvalue weighted by atomic mass is 9.88. The molecule has 3 fully saturated rings. The highest BCUT2D eigenvalue weighted by Gasteiger charge is 2.32. The van der Waals surface area contributed by atoms with E-state index in [1.165, 1.54) is 45.2 Å². The number of amides is 1. The summed E-state index contributed by atoms with van der Waals surface area (Å²) in [7, 11) is 1.84. The summed E-state index contributed by atoms with van der Waals surface area (Å²) >= 11 is 0. The highest BCUT2D eigenvalue weighted by Crippen LogP contribution is 2.26. The second-order valence-electron chi connectivity index (χ2n) is 9.30. The zero-order valence-electron chi connectivity index (χ0n) is 18.3. The number of carbonyl (C=O) groups is 1. The van der Waals surface area contributed by atoms with Gasteiger partial charge in [0.1, 0.15) is 0 Å². The molecule has 1 saturated carbocycles. The van der Waals surface area contributed by atoms with Gasteiger partial charge in [0.25, 0.3) is 0 Å². The van der Waals surface area contributed by atoms with E-state index in [9.17, 15) is 4.79 Å². The van der Waals surface area contributed by atoms with Crippen LogP contribution in [0.25, 0.3) is 0 Å². The molecule has 28 heavy (non-hydrogen) atoms. The van der Waals surface area contributed by atoms with Crippen molar-refractivity contribution in [1.29, 1.82) is 0 Å². The van der Waals surface area contributed by atoms with Gasteiger partial charge in [0, 0.05) is 51.2 Å². The molecule has 2 unspecified atom stereocenters. The molecule has 3 rings (SSSR count). The van der Waals surface area contributed by atoms with Crippen molar-refractivity contribution in [2.24, 2.45) is 16.8 Å². The van der Waals surface area contributed by atoms with E-state index in [1.807, 2.05) is 7.05 Å². The Balaban J connectivity index is 1.41. The Kier molecular flexibility index (Phi) is 8.00. The van der Waals surface area contributed by atoms with Crippen LogP contribution in [0.2, 0.25) is 0 Å². The number of guanidine groups is 1. The van der Waals surface area contributed by atoms with Gasteiger partial charge in [-0.15, -0.1) is 0 Å². The van der Waals surface area contributed by atoms with Crippen LogP contribution in [-0.4, -0.2) is 73.5 Å². The van der Waals surface area contributed by atoms with Gasteiger partial charge in [-0.1, -0.05) is 19.3 Å². The lowest BCUT2D eigenvalue weighted by molar-refractivity contribution is -0.135. The standard InChI is InChI=1S/C22H41N5O/c1-17(2)26-12-7-8-18(15-26)14-24-22(23-3)25-20-11-13-27(16-20)21(28)19-9-5-4-6-10-19/h17-20H,4-16H2,1-3H3,(H2,23,24,25). The summed E-state index contributed by atoms with van der Waals surface area (Å²) in [5, 5.41) is 7.10. The van der Waals surface area contributed by atoms with Crippen molar-refractivity contribution >= 4 is 11.9 Å². The van der Waals surface area contributed by atoms with E-state index >= 15 is 0 Å². The van der Waals surface area contributed by atoms with Gasteiger partial charge in [-0.3, -0.25) is 9.79 Å². The molecule has 0 spiro atoms. The summed E-state index contributed by atoms with van der Waals surface area (Å²) in [6.07, 6.45) is 9.51. The van der Waals surface area contributed by atoms with Gasteiger partial charge in [-0.2, -0.15) is 0 Å². The molecule has 1 aliphatic carbocycles. The number of nitrogens with zero attached hydrogens (tertiary/aromatic N) is 3. The fourth-order valence-corrected chi connectivity index (χ4v) is 5.05. The molecule has 3 aliphatic rings. The maximum Gasteiger partial charge on any atom is 0.225 e. The first-order valence-corrected chi connectivity index (χ1v) is 11.6. The topological polar surface area (TPSA) is 60.0 Å². The molecule has 2 aliphatic heterocycles. The molecule has 1 amide bonds. The van der Waals surface area contributed by atoms with Crippen molar-refractivity contribution < 1.29 is 4.79 Å². The molecule has 0 bridgehead atoms. The van der Waals surface area contributed by atoms with Gasteiger partial charge in [-0.05, 0) is 58.4 Å². The smallest absolute Gasteiger partial charge is 0.225 e. The van der Waals surface area contributed by atoms with Crippen LogP contribution in [0, 0.1) is 11.8 Å². The van der Waals surface area contributed by atoms with Crippen LogP contribution in [-0.2, 0) is 4.79 Å². The van der Waals surface area contributed by atoms with Crippen LogP contribution in [0.1, 0.15) is 65.2 Å². The Morgan fingerprint density at radius 3 is 2.54 bits per heavy atom. The van der Waals surface area contributed by atoms with E-state index in [4.69, 9.17) is 0 Å². The molecule has 0 aromatic rings. The van der Waals surface area contributed by atoms with Crippen LogP contribution in [0.5, 0.6) is 0 Å². The van der Waals surface area contributed by atoms with E-state index in [0.29, 0.717) is 23.9 Å². The zero-order valence-corrected chi connectivity index (χ0v) is 18.3. The van der Waals surface area contributed by atoms with Crippen LogP contribution >= 0.6 is 0 Å². The summed E-state index contributed by atoms with van der Waals surface area (Å²) in [6, 6.07) is 0.948. The molecule has 2 atom stereocenters. The third-order valence-electron chi connectivity index (χ3n) is 6.86. The molecular weight excluding hydrogens is 350 g/mol. The maximum absolute atomic E-state index is 12.8. The lowest BCUT2D eigenvalue weighted by Crippen LogP contribution is -2.49. The first kappa shape index (κ1) is 21.4. The van der Waals surface area contributed by atoms with Crippen molar-refractivity contribution in [1.82, 2.24) is 20.4 Å². The van der Waals surface area contributed by atoms with E-state index in [1.54, 1.807) is 0 Å². The molecule has 0 radical (unpaired) electrons. The largest absolute Gasteiger partial charge is 0.356 e. The first-order valence-electron chi connectivity index (χ1n) is 11.6. The Bertz CT molecular complexity index is 529. The third-order valence-corrected chi connectivity index (χ3v) is 6.86. The number of hydrogen-bond donors (Lipinski definition) is 2. The van der Waals surface area contributed by atoms with Crippen molar-refractivity contribution in [3.63, 3.8) is 0 Å². The number of likely N-dealkylation sites (tertiary alicyclic amines) is 2. The Hall–Kier alpha value is -1.30. The Morgan fingerprint density at radius 2 is 1.82 bits per heavy atom. The minimum atomic E-state index is 0.278. The highest BCUT2D eigenvalue weighted by molar-refractivity contribution is 5.81. The molecule has 2 saturated heterocycles. The summed E-state index contributed by atoms with van der Waals surface area (Å²) in [4.78, 5) is 21.9. The summed E-state index contributed by atoms with van der Waals surface area (Å²) < 4.78 is 0. The Morgan fingerprint density at radius 1 is 1.04 bits per heavy atom. The molecule has 160 valence electrons. The van der Waals surface area contributed by atoms with Crippen LogP contribution in [0.4, 0.5) is 0 Å². The first-order chi connectivity index (χ1) is 13.6. The molecule has 0 aromatic carbocycles. The van der Waals surface area contributed by atoms with Gasteiger partial charge >= 0.3 is 0 Å². The number of hydrogen-bond acceptors (Lipinski definition) is 3. The van der Waals surface area contributed by atoms with Crippen molar-refractivity contribution in [3.05, 3.63) is 0 Å². The second kappa shape index (κ2) is 10.5. The van der Waals surface area contributed by atoms with E-state index in [-0.39, 0.29) is 5.92 Å². The number of nitrogens with one attached hydrogen (secondary N) is 2. The lowest BCUT2D eigenvalue weighted by Gasteiger charge is -2.35. The van der Waals surface area contributed by atoms with Crippen molar-refractivity contribution in [3.8, 4) is 0 Å². The average molecular weight is 392 g/mol. The average Bonchev–Trinajstić information content (AvgIpc) is 3.20. The van der Waals surface area contributed by atoms with Gasteiger partial charge in [-0.25, -0.2) is 0 Å². The second-order valence-corrected chi connectivity index (χ2v) is 9.30. The number of piperidine rings is 1. The highest BCUT2D eigenvalue weighted by atomic mass is 16.2. The summed E-state index contributed by atoms with van der Waals surface area (Å²) in [5.74, 6) is 2.24. The van der Waals surface area contributed by atoms with Crippen LogP contribution in [0.3, 0.4) is 0 Å². The fraction of sp³-hybridized carbons (Fsp3) is 0.909. The van der Waals surface area contributed by atoms with Crippen LogP contribution in [0.15, 0.2) is 4.99 Å². The number of aliphatic imine (C=N–C) groups is 1. The SMILES string of the molecule is CN=C(NCC1CCCN(C(C)C)C1)NC1CCN(C(=O)C2CCCCC2)C1. The van der Waals surface area contributed by atoms with Gasteiger partial charge in [0.05, 0.1) is 0 Å². The van der Waals surface area contributed by atoms with E-state index in [0.717, 1.165) is 44.9 Å². The Labute approximate surface area is 171 Å². The van der Waals surface area contributed by atoms with Crippen molar-refractivity contribution in [2.45, 2.75) is 77.3 Å². The monoisotopic (exact) mass is 391 g/mol. The van der Waals surface area contributed by atoms with E-state index in [2.05, 4.69) is 39.3 Å². The molecule has 6 nitrogen and oxygen atoms in total.